The molecule has 212 valence electrons. The fourth-order valence-corrected chi connectivity index (χ4v) is 4.11. The summed E-state index contributed by atoms with van der Waals surface area (Å²) in [5.74, 6) is -0.521. The van der Waals surface area contributed by atoms with E-state index in [1.807, 2.05) is 83.2 Å². The SMILES string of the molecule is C=C(/C=C(\C)c1ccc(C)c(Cl)c1)C(=O)Nc1ccc(CN2CC(C)C(C(=O)O)C2)cc1.C=CC(C)C.CC. The van der Waals surface area contributed by atoms with Crippen LogP contribution in [0.2, 0.25) is 5.02 Å². The number of benzene rings is 2. The quantitative estimate of drug-likeness (QED) is 0.196. The minimum Gasteiger partial charge on any atom is -0.481 e. The Bertz CT molecular complexity index is 1150. The second kappa shape index (κ2) is 16.7. The van der Waals surface area contributed by atoms with E-state index in [-0.39, 0.29) is 17.7 Å². The highest BCUT2D eigenvalue weighted by atomic mass is 35.5. The molecule has 2 aromatic rings. The number of hydrogen-bond donors (Lipinski definition) is 2. The van der Waals surface area contributed by atoms with Gasteiger partial charge in [-0.05, 0) is 72.2 Å². The fraction of sp³-hybridized carbons (Fsp3) is 0.394. The number of allylic oxidation sites excluding steroid dienone is 2. The Morgan fingerprint density at radius 3 is 2.23 bits per heavy atom. The summed E-state index contributed by atoms with van der Waals surface area (Å²) in [5, 5.41) is 12.8. The van der Waals surface area contributed by atoms with Crippen molar-refractivity contribution in [1.82, 2.24) is 4.90 Å². The van der Waals surface area contributed by atoms with Gasteiger partial charge in [-0.2, -0.15) is 0 Å². The highest BCUT2D eigenvalue weighted by Crippen LogP contribution is 2.25. The summed E-state index contributed by atoms with van der Waals surface area (Å²) < 4.78 is 0. The molecule has 0 spiro atoms. The Hall–Kier alpha value is -3.15. The van der Waals surface area contributed by atoms with E-state index in [0.717, 1.165) is 28.8 Å². The number of aliphatic carboxylic acids is 1. The van der Waals surface area contributed by atoms with Gasteiger partial charge in [0.05, 0.1) is 5.92 Å². The van der Waals surface area contributed by atoms with E-state index in [1.54, 1.807) is 6.08 Å². The van der Waals surface area contributed by atoms with Crippen LogP contribution in [0.1, 0.15) is 58.2 Å². The number of halogens is 1. The van der Waals surface area contributed by atoms with Gasteiger partial charge in [-0.15, -0.1) is 6.58 Å². The number of anilines is 1. The molecule has 6 heteroatoms. The molecule has 2 N–H and O–H groups in total. The summed E-state index contributed by atoms with van der Waals surface area (Å²) in [6.07, 6.45) is 3.66. The largest absolute Gasteiger partial charge is 0.481 e. The van der Waals surface area contributed by atoms with Crippen LogP contribution in [-0.2, 0) is 16.1 Å². The van der Waals surface area contributed by atoms with E-state index in [4.69, 9.17) is 11.6 Å². The summed E-state index contributed by atoms with van der Waals surface area (Å²) in [7, 11) is 0. The highest BCUT2D eigenvalue weighted by Gasteiger charge is 2.34. The lowest BCUT2D eigenvalue weighted by molar-refractivity contribution is -0.142. The van der Waals surface area contributed by atoms with E-state index in [9.17, 15) is 14.7 Å². The smallest absolute Gasteiger partial charge is 0.308 e. The van der Waals surface area contributed by atoms with Crippen LogP contribution in [0.5, 0.6) is 0 Å². The number of carbonyl (C=O) groups excluding carboxylic acids is 1. The summed E-state index contributed by atoms with van der Waals surface area (Å²) >= 11 is 6.20. The standard InChI is InChI=1S/C26H29ClN2O3.C5H10.C2H6/c1-16-5-8-21(12-24(16)27)17(2)11-18(3)25(30)28-22-9-6-20(7-10-22)14-29-13-19(4)23(15-29)26(31)32;1-4-5(2)3;1-2/h5-12,19,23H,3,13-15H2,1-2,4H3,(H,28,30)(H,31,32);4-5H,1H2,2-3H3;1-2H3/b17-11+;;. The number of rotatable bonds is 8. The van der Waals surface area contributed by atoms with Crippen molar-refractivity contribution in [2.75, 3.05) is 18.4 Å². The number of nitrogens with one attached hydrogen (secondary N) is 1. The Kier molecular flexibility index (Phi) is 14.5. The second-order valence-corrected chi connectivity index (χ2v) is 10.5. The molecule has 0 aromatic heterocycles. The molecule has 1 saturated heterocycles. The first kappa shape index (κ1) is 33.9. The first-order valence-corrected chi connectivity index (χ1v) is 13.9. The minimum atomic E-state index is -0.729. The van der Waals surface area contributed by atoms with Gasteiger partial charge >= 0.3 is 5.97 Å². The Morgan fingerprint density at radius 2 is 1.74 bits per heavy atom. The van der Waals surface area contributed by atoms with Gasteiger partial charge in [-0.3, -0.25) is 14.5 Å². The number of hydrogen-bond acceptors (Lipinski definition) is 3. The topological polar surface area (TPSA) is 69.6 Å². The zero-order valence-electron chi connectivity index (χ0n) is 24.6. The molecule has 1 aliphatic rings. The van der Waals surface area contributed by atoms with Gasteiger partial charge in [0.1, 0.15) is 0 Å². The minimum absolute atomic E-state index is 0.143. The zero-order valence-corrected chi connectivity index (χ0v) is 25.3. The van der Waals surface area contributed by atoms with Crippen molar-refractivity contribution in [3.8, 4) is 0 Å². The number of carboxylic acids is 1. The molecule has 2 atom stereocenters. The second-order valence-electron chi connectivity index (χ2n) is 10.1. The van der Waals surface area contributed by atoms with Gasteiger partial charge in [0.2, 0.25) is 0 Å². The third-order valence-corrected chi connectivity index (χ3v) is 6.81. The van der Waals surface area contributed by atoms with Gasteiger partial charge in [0.15, 0.2) is 0 Å². The molecule has 39 heavy (non-hydrogen) atoms. The molecule has 1 amide bonds. The van der Waals surface area contributed by atoms with Crippen molar-refractivity contribution in [3.63, 3.8) is 0 Å². The average Bonchev–Trinajstić information content (AvgIpc) is 3.28. The zero-order chi connectivity index (χ0) is 29.7. The van der Waals surface area contributed by atoms with Crippen LogP contribution >= 0.6 is 11.6 Å². The van der Waals surface area contributed by atoms with Crippen LogP contribution in [0.4, 0.5) is 5.69 Å². The molecule has 0 aliphatic carbocycles. The van der Waals surface area contributed by atoms with Crippen molar-refractivity contribution < 1.29 is 14.7 Å². The van der Waals surface area contributed by atoms with Gasteiger partial charge in [-0.1, -0.05) is 83.1 Å². The molecule has 1 heterocycles. The average molecular weight is 553 g/mol. The summed E-state index contributed by atoms with van der Waals surface area (Å²) in [6.45, 7) is 23.5. The number of carboxylic acid groups (broad SMARTS) is 1. The van der Waals surface area contributed by atoms with Crippen LogP contribution < -0.4 is 5.32 Å². The van der Waals surface area contributed by atoms with Gasteiger partial charge in [0, 0.05) is 35.9 Å². The summed E-state index contributed by atoms with van der Waals surface area (Å²) in [4.78, 5) is 26.0. The van der Waals surface area contributed by atoms with Crippen LogP contribution in [0.15, 0.2) is 73.3 Å². The number of nitrogens with zero attached hydrogens (tertiary/aromatic N) is 1. The van der Waals surface area contributed by atoms with Crippen molar-refractivity contribution in [2.45, 2.75) is 55.0 Å². The molecule has 0 bridgehead atoms. The summed E-state index contributed by atoms with van der Waals surface area (Å²) in [6, 6.07) is 13.4. The molecule has 3 rings (SSSR count). The maximum Gasteiger partial charge on any atom is 0.308 e. The lowest BCUT2D eigenvalue weighted by Gasteiger charge is -2.15. The van der Waals surface area contributed by atoms with Crippen molar-refractivity contribution >= 4 is 34.7 Å². The Balaban J connectivity index is 0.000000975. The van der Waals surface area contributed by atoms with Crippen LogP contribution in [0.3, 0.4) is 0 Å². The van der Waals surface area contributed by atoms with Crippen molar-refractivity contribution in [3.05, 3.63) is 95.1 Å². The molecule has 0 saturated carbocycles. The Labute approximate surface area is 240 Å². The van der Waals surface area contributed by atoms with E-state index < -0.39 is 5.97 Å². The highest BCUT2D eigenvalue weighted by molar-refractivity contribution is 6.31. The normalized spacial score (nSPS) is 16.9. The van der Waals surface area contributed by atoms with E-state index in [1.165, 1.54) is 0 Å². The first-order valence-electron chi connectivity index (χ1n) is 13.5. The van der Waals surface area contributed by atoms with Gasteiger partial charge < -0.3 is 10.4 Å². The predicted octanol–water partition coefficient (Wildman–Crippen LogP) is 8.25. The molecule has 2 unspecified atom stereocenters. The third-order valence-electron chi connectivity index (χ3n) is 6.40. The van der Waals surface area contributed by atoms with E-state index in [0.29, 0.717) is 35.3 Å². The van der Waals surface area contributed by atoms with E-state index in [2.05, 4.69) is 37.2 Å². The molecule has 0 radical (unpaired) electrons. The lowest BCUT2D eigenvalue weighted by Crippen LogP contribution is -2.23. The maximum absolute atomic E-state index is 12.6. The molecule has 1 fully saturated rings. The summed E-state index contributed by atoms with van der Waals surface area (Å²) in [5.41, 5.74) is 4.97. The van der Waals surface area contributed by atoms with Crippen LogP contribution in [0, 0.1) is 24.7 Å². The number of carbonyl (C=O) groups is 2. The molecule has 2 aromatic carbocycles. The van der Waals surface area contributed by atoms with Crippen molar-refractivity contribution in [2.24, 2.45) is 17.8 Å². The van der Waals surface area contributed by atoms with Gasteiger partial charge in [-0.25, -0.2) is 0 Å². The number of aryl methyl sites for hydroxylation is 1. The fourth-order valence-electron chi connectivity index (χ4n) is 3.93. The lowest BCUT2D eigenvalue weighted by atomic mass is 9.99. The predicted molar refractivity (Wildman–Crippen MR) is 166 cm³/mol. The molecule has 1 aliphatic heterocycles. The Morgan fingerprint density at radius 1 is 1.15 bits per heavy atom. The first-order chi connectivity index (χ1) is 18.4. The number of amides is 1. The molecular formula is C33H45ClN2O3. The monoisotopic (exact) mass is 552 g/mol. The third kappa shape index (κ3) is 11.2. The van der Waals surface area contributed by atoms with Crippen LogP contribution in [0.25, 0.3) is 5.57 Å². The maximum atomic E-state index is 12.6. The molecular weight excluding hydrogens is 508 g/mol. The molecule has 5 nitrogen and oxygen atoms in total. The van der Waals surface area contributed by atoms with Gasteiger partial charge in [0.25, 0.3) is 5.91 Å². The van der Waals surface area contributed by atoms with E-state index >= 15 is 0 Å². The van der Waals surface area contributed by atoms with Crippen LogP contribution in [-0.4, -0.2) is 35.0 Å². The van der Waals surface area contributed by atoms with Crippen molar-refractivity contribution in [1.29, 1.82) is 0 Å². The number of likely N-dealkylation sites (tertiary alicyclic amines) is 1.